The van der Waals surface area contributed by atoms with Gasteiger partial charge in [0.05, 0.1) is 12.2 Å². The lowest BCUT2D eigenvalue weighted by atomic mass is 10.0. The predicted molar refractivity (Wildman–Crippen MR) is 90.4 cm³/mol. The van der Waals surface area contributed by atoms with Crippen LogP contribution in [0.4, 0.5) is 10.6 Å². The maximum absolute atomic E-state index is 12.2. The first-order chi connectivity index (χ1) is 10.9. The Kier molecular flexibility index (Phi) is 5.39. The molecule has 0 aliphatic rings. The number of nitrogens with zero attached hydrogens (tertiary/aromatic N) is 2. The van der Waals surface area contributed by atoms with Gasteiger partial charge in [-0.15, -0.1) is 0 Å². The van der Waals surface area contributed by atoms with Crippen molar-refractivity contribution in [3.63, 3.8) is 0 Å². The Morgan fingerprint density at radius 1 is 1.30 bits per heavy atom. The highest BCUT2D eigenvalue weighted by Gasteiger charge is 2.20. The van der Waals surface area contributed by atoms with Crippen LogP contribution < -0.4 is 10.6 Å². The van der Waals surface area contributed by atoms with Gasteiger partial charge in [-0.2, -0.15) is 5.10 Å². The molecule has 0 bridgehead atoms. The molecule has 2 rings (SSSR count). The van der Waals surface area contributed by atoms with Crippen LogP contribution in [0.25, 0.3) is 0 Å². The number of aromatic nitrogens is 2. The SMILES string of the molecule is Cc1cc(NC(=O)NC(C)(C)CCO)n(Cc2ccccc2)n1. The number of aliphatic hydroxyl groups excluding tert-OH is 1. The number of anilines is 1. The van der Waals surface area contributed by atoms with Crippen LogP contribution in [0.5, 0.6) is 0 Å². The van der Waals surface area contributed by atoms with Gasteiger partial charge in [0.2, 0.25) is 0 Å². The summed E-state index contributed by atoms with van der Waals surface area (Å²) in [5, 5.41) is 19.1. The summed E-state index contributed by atoms with van der Waals surface area (Å²) >= 11 is 0. The summed E-state index contributed by atoms with van der Waals surface area (Å²) in [6.07, 6.45) is 0.489. The van der Waals surface area contributed by atoms with E-state index in [1.807, 2.05) is 57.2 Å². The number of aliphatic hydroxyl groups is 1. The van der Waals surface area contributed by atoms with E-state index in [1.54, 1.807) is 4.68 Å². The van der Waals surface area contributed by atoms with Crippen molar-refractivity contribution in [1.29, 1.82) is 0 Å². The van der Waals surface area contributed by atoms with E-state index in [9.17, 15) is 4.79 Å². The fourth-order valence-corrected chi connectivity index (χ4v) is 2.32. The van der Waals surface area contributed by atoms with Crippen molar-refractivity contribution in [3.05, 3.63) is 47.7 Å². The number of aryl methyl sites for hydroxylation is 1. The topological polar surface area (TPSA) is 79.2 Å². The summed E-state index contributed by atoms with van der Waals surface area (Å²) in [6, 6.07) is 11.5. The first-order valence-corrected chi connectivity index (χ1v) is 7.68. The third-order valence-electron chi connectivity index (χ3n) is 3.51. The molecular weight excluding hydrogens is 292 g/mol. The number of benzene rings is 1. The minimum absolute atomic E-state index is 0.0261. The standard InChI is InChI=1S/C17H24N4O2/c1-13-11-15(18-16(23)19-17(2,3)9-10-22)21(20-13)12-14-7-5-4-6-8-14/h4-8,11,22H,9-10,12H2,1-3H3,(H2,18,19,23). The average Bonchev–Trinajstić information content (AvgIpc) is 2.78. The molecule has 6 heteroatoms. The smallest absolute Gasteiger partial charge is 0.320 e. The molecule has 2 aromatic rings. The van der Waals surface area contributed by atoms with Crippen molar-refractivity contribution in [2.45, 2.75) is 39.3 Å². The lowest BCUT2D eigenvalue weighted by Crippen LogP contribution is -2.46. The molecule has 0 radical (unpaired) electrons. The minimum Gasteiger partial charge on any atom is -0.396 e. The van der Waals surface area contributed by atoms with Crippen LogP contribution in [0.15, 0.2) is 36.4 Å². The van der Waals surface area contributed by atoms with Gasteiger partial charge in [0.25, 0.3) is 0 Å². The highest BCUT2D eigenvalue weighted by Crippen LogP contribution is 2.14. The van der Waals surface area contributed by atoms with Gasteiger partial charge >= 0.3 is 6.03 Å². The summed E-state index contributed by atoms with van der Waals surface area (Å²) in [7, 11) is 0. The normalized spacial score (nSPS) is 11.3. The van der Waals surface area contributed by atoms with E-state index in [2.05, 4.69) is 15.7 Å². The number of hydrogen-bond acceptors (Lipinski definition) is 3. The largest absolute Gasteiger partial charge is 0.396 e. The van der Waals surface area contributed by atoms with E-state index in [4.69, 9.17) is 5.11 Å². The van der Waals surface area contributed by atoms with Gasteiger partial charge in [-0.25, -0.2) is 9.48 Å². The molecule has 0 spiro atoms. The molecule has 0 saturated carbocycles. The van der Waals surface area contributed by atoms with E-state index in [0.29, 0.717) is 18.8 Å². The first-order valence-electron chi connectivity index (χ1n) is 7.68. The van der Waals surface area contributed by atoms with Gasteiger partial charge in [-0.05, 0) is 32.8 Å². The van der Waals surface area contributed by atoms with Crippen LogP contribution in [0.2, 0.25) is 0 Å². The van der Waals surface area contributed by atoms with Crippen LogP contribution in [-0.2, 0) is 6.54 Å². The zero-order valence-corrected chi connectivity index (χ0v) is 13.8. The first kappa shape index (κ1) is 17.0. The Morgan fingerprint density at radius 2 is 2.00 bits per heavy atom. The number of hydrogen-bond donors (Lipinski definition) is 3. The highest BCUT2D eigenvalue weighted by molar-refractivity contribution is 5.88. The maximum atomic E-state index is 12.2. The van der Waals surface area contributed by atoms with Gasteiger partial charge in [-0.1, -0.05) is 30.3 Å². The van der Waals surface area contributed by atoms with Crippen LogP contribution in [0.3, 0.4) is 0 Å². The second kappa shape index (κ2) is 7.28. The summed E-state index contributed by atoms with van der Waals surface area (Å²) in [5.41, 5.74) is 1.48. The third-order valence-corrected chi connectivity index (χ3v) is 3.51. The lowest BCUT2D eigenvalue weighted by molar-refractivity contribution is 0.218. The average molecular weight is 316 g/mol. The third kappa shape index (κ3) is 5.10. The monoisotopic (exact) mass is 316 g/mol. The lowest BCUT2D eigenvalue weighted by Gasteiger charge is -2.25. The Balaban J connectivity index is 2.07. The summed E-state index contributed by atoms with van der Waals surface area (Å²) in [4.78, 5) is 12.2. The number of amides is 2. The van der Waals surface area contributed by atoms with Crippen LogP contribution in [-0.4, -0.2) is 33.1 Å². The van der Waals surface area contributed by atoms with E-state index in [0.717, 1.165) is 11.3 Å². The molecule has 0 unspecified atom stereocenters. The quantitative estimate of drug-likeness (QED) is 0.766. The summed E-state index contributed by atoms with van der Waals surface area (Å²) in [6.45, 7) is 6.24. The van der Waals surface area contributed by atoms with Crippen molar-refractivity contribution in [2.75, 3.05) is 11.9 Å². The molecule has 23 heavy (non-hydrogen) atoms. The Hall–Kier alpha value is -2.34. The molecule has 0 fully saturated rings. The van der Waals surface area contributed by atoms with Gasteiger partial charge in [0, 0.05) is 18.2 Å². The molecule has 6 nitrogen and oxygen atoms in total. The van der Waals surface area contributed by atoms with Crippen molar-refractivity contribution in [3.8, 4) is 0 Å². The number of carbonyl (C=O) groups is 1. The number of carbonyl (C=O) groups excluding carboxylic acids is 1. The van der Waals surface area contributed by atoms with Crippen molar-refractivity contribution >= 4 is 11.8 Å². The zero-order valence-electron chi connectivity index (χ0n) is 13.8. The van der Waals surface area contributed by atoms with E-state index in [1.165, 1.54) is 0 Å². The maximum Gasteiger partial charge on any atom is 0.320 e. The second-order valence-corrected chi connectivity index (χ2v) is 6.25. The molecular formula is C17H24N4O2. The van der Waals surface area contributed by atoms with E-state index >= 15 is 0 Å². The molecule has 0 atom stereocenters. The highest BCUT2D eigenvalue weighted by atomic mass is 16.3. The molecule has 0 aliphatic heterocycles. The van der Waals surface area contributed by atoms with Gasteiger partial charge in [0.15, 0.2) is 0 Å². The van der Waals surface area contributed by atoms with Crippen molar-refractivity contribution < 1.29 is 9.90 Å². The Morgan fingerprint density at radius 3 is 2.65 bits per heavy atom. The van der Waals surface area contributed by atoms with Gasteiger partial charge < -0.3 is 10.4 Å². The fourth-order valence-electron chi connectivity index (χ4n) is 2.32. The molecule has 1 aromatic heterocycles. The van der Waals surface area contributed by atoms with Crippen molar-refractivity contribution in [1.82, 2.24) is 15.1 Å². The number of nitrogens with one attached hydrogen (secondary N) is 2. The zero-order chi connectivity index (χ0) is 16.9. The molecule has 0 saturated heterocycles. The summed E-state index contributed by atoms with van der Waals surface area (Å²) in [5.74, 6) is 0.642. The van der Waals surface area contributed by atoms with Crippen molar-refractivity contribution in [2.24, 2.45) is 0 Å². The molecule has 2 amide bonds. The summed E-state index contributed by atoms with van der Waals surface area (Å²) < 4.78 is 1.77. The molecule has 1 aromatic carbocycles. The Bertz CT molecular complexity index is 650. The van der Waals surface area contributed by atoms with Gasteiger partial charge in [0.1, 0.15) is 5.82 Å². The molecule has 3 N–H and O–H groups in total. The molecule has 0 aliphatic carbocycles. The molecule has 124 valence electrons. The predicted octanol–water partition coefficient (Wildman–Crippen LogP) is 2.52. The van der Waals surface area contributed by atoms with Gasteiger partial charge in [-0.3, -0.25) is 5.32 Å². The fraction of sp³-hybridized carbons (Fsp3) is 0.412. The number of rotatable bonds is 6. The van der Waals surface area contributed by atoms with E-state index in [-0.39, 0.29) is 12.6 Å². The van der Waals surface area contributed by atoms with E-state index < -0.39 is 5.54 Å². The second-order valence-electron chi connectivity index (χ2n) is 6.25. The minimum atomic E-state index is -0.474. The van der Waals surface area contributed by atoms with Crippen LogP contribution in [0, 0.1) is 6.92 Å². The van der Waals surface area contributed by atoms with Crippen LogP contribution in [0.1, 0.15) is 31.5 Å². The Labute approximate surface area is 136 Å². The molecule has 1 heterocycles. The number of urea groups is 1. The van der Waals surface area contributed by atoms with Crippen LogP contribution >= 0.6 is 0 Å².